The predicted molar refractivity (Wildman–Crippen MR) is 126 cm³/mol. The molecule has 0 radical (unpaired) electrons. The summed E-state index contributed by atoms with van der Waals surface area (Å²) in [6.45, 7) is 2.82. The van der Waals surface area contributed by atoms with Gasteiger partial charge in [-0.3, -0.25) is 9.36 Å². The Morgan fingerprint density at radius 1 is 1.03 bits per heavy atom. The van der Waals surface area contributed by atoms with Gasteiger partial charge in [0, 0.05) is 11.4 Å². The minimum absolute atomic E-state index is 0.0962. The number of benzene rings is 1. The van der Waals surface area contributed by atoms with Gasteiger partial charge in [-0.05, 0) is 30.0 Å². The Bertz CT molecular complexity index is 1450. The summed E-state index contributed by atoms with van der Waals surface area (Å²) < 4.78 is 3.31. The van der Waals surface area contributed by atoms with Gasteiger partial charge in [0.2, 0.25) is 0 Å². The maximum atomic E-state index is 13.4. The van der Waals surface area contributed by atoms with Crippen LogP contribution in [0.4, 0.5) is 0 Å². The Morgan fingerprint density at radius 3 is 2.65 bits per heavy atom. The summed E-state index contributed by atoms with van der Waals surface area (Å²) in [5, 5.41) is 7.08. The number of hydrogen-bond donors (Lipinski definition) is 0. The molecule has 156 valence electrons. The van der Waals surface area contributed by atoms with E-state index in [9.17, 15) is 4.79 Å². The molecule has 4 aromatic heterocycles. The van der Waals surface area contributed by atoms with E-state index in [0.717, 1.165) is 35.2 Å². The number of para-hydroxylation sites is 2. The van der Waals surface area contributed by atoms with Crippen LogP contribution in [0.5, 0.6) is 0 Å². The quantitative estimate of drug-likeness (QED) is 0.274. The molecule has 0 saturated heterocycles. The van der Waals surface area contributed by atoms with Crippen molar-refractivity contribution >= 4 is 50.8 Å². The highest BCUT2D eigenvalue weighted by Crippen LogP contribution is 2.25. The fourth-order valence-electron chi connectivity index (χ4n) is 3.71. The third kappa shape index (κ3) is 3.63. The molecule has 0 atom stereocenters. The number of nitrogens with zero attached hydrogens (tertiary/aromatic N) is 6. The average molecular weight is 431 g/mol. The maximum Gasteiger partial charge on any atom is 0.265 e. The Hall–Kier alpha value is -3.39. The number of thiophene rings is 1. The summed E-state index contributed by atoms with van der Waals surface area (Å²) in [5.74, 6) is 0. The molecule has 0 fully saturated rings. The predicted octanol–water partition coefficient (Wildman–Crippen LogP) is 4.82. The zero-order valence-corrected chi connectivity index (χ0v) is 18.0. The maximum absolute atomic E-state index is 13.4. The molecule has 1 aromatic carbocycles. The van der Waals surface area contributed by atoms with Crippen LogP contribution in [0.3, 0.4) is 0 Å². The van der Waals surface area contributed by atoms with E-state index in [-0.39, 0.29) is 5.56 Å². The van der Waals surface area contributed by atoms with Crippen molar-refractivity contribution in [3.63, 3.8) is 0 Å². The average Bonchev–Trinajstić information content (AvgIpc) is 3.41. The van der Waals surface area contributed by atoms with Crippen molar-refractivity contribution in [2.24, 2.45) is 5.10 Å². The monoisotopic (exact) mass is 430 g/mol. The lowest BCUT2D eigenvalue weighted by atomic mass is 10.2. The second-order valence-corrected chi connectivity index (χ2v) is 8.44. The minimum atomic E-state index is -0.0962. The van der Waals surface area contributed by atoms with Crippen LogP contribution in [-0.4, -0.2) is 30.4 Å². The summed E-state index contributed by atoms with van der Waals surface area (Å²) in [5.41, 5.74) is 2.96. The van der Waals surface area contributed by atoms with Crippen LogP contribution < -0.4 is 5.56 Å². The molecule has 5 rings (SSSR count). The molecule has 0 amide bonds. The Morgan fingerprint density at radius 2 is 1.87 bits per heavy atom. The third-order valence-electron chi connectivity index (χ3n) is 5.30. The van der Waals surface area contributed by atoms with E-state index in [1.54, 1.807) is 33.1 Å². The molecule has 7 nitrogen and oxygen atoms in total. The molecule has 0 N–H and O–H groups in total. The molecule has 0 unspecified atom stereocenters. The molecule has 0 aliphatic carbocycles. The zero-order valence-electron chi connectivity index (χ0n) is 17.2. The van der Waals surface area contributed by atoms with Gasteiger partial charge in [0.25, 0.3) is 5.56 Å². The third-order valence-corrected chi connectivity index (χ3v) is 6.11. The molecule has 5 aromatic rings. The van der Waals surface area contributed by atoms with Crippen molar-refractivity contribution in [3.8, 4) is 0 Å². The minimum Gasteiger partial charge on any atom is -0.299 e. The van der Waals surface area contributed by atoms with E-state index in [2.05, 4.69) is 17.0 Å². The number of aryl methyl sites for hydroxylation is 1. The number of rotatable bonds is 7. The number of aromatic nitrogens is 5. The van der Waals surface area contributed by atoms with Crippen LogP contribution in [0.1, 0.15) is 37.5 Å². The van der Waals surface area contributed by atoms with Gasteiger partial charge in [-0.15, -0.1) is 11.3 Å². The molecular formula is C23H22N6OS. The number of fused-ring (bicyclic) bond motifs is 4. The number of unbranched alkanes of at least 4 members (excludes halogenated alkanes) is 3. The van der Waals surface area contributed by atoms with Crippen molar-refractivity contribution in [1.29, 1.82) is 0 Å². The van der Waals surface area contributed by atoms with Crippen LogP contribution in [0.25, 0.3) is 33.2 Å². The first kappa shape index (κ1) is 19.6. The van der Waals surface area contributed by atoms with E-state index >= 15 is 0 Å². The fraction of sp³-hybridized carbons (Fsp3) is 0.261. The molecule has 0 saturated carbocycles. The standard InChI is InChI=1S/C23H22N6OS/c1-2-3-4-7-12-28-15-24-21-19(23(28)30)20-22(27-18-11-6-5-10-17(18)26-20)29(21)25-14-16-9-8-13-31-16/h5-6,8-11,13-15H,2-4,7,12H2,1H3. The van der Waals surface area contributed by atoms with Gasteiger partial charge < -0.3 is 0 Å². The van der Waals surface area contributed by atoms with Gasteiger partial charge >= 0.3 is 0 Å². The summed E-state index contributed by atoms with van der Waals surface area (Å²) >= 11 is 1.59. The van der Waals surface area contributed by atoms with Crippen LogP contribution in [0.2, 0.25) is 0 Å². The fourth-order valence-corrected chi connectivity index (χ4v) is 4.29. The van der Waals surface area contributed by atoms with Gasteiger partial charge in [0.15, 0.2) is 11.3 Å². The van der Waals surface area contributed by atoms with Gasteiger partial charge in [0.05, 0.1) is 23.6 Å². The normalized spacial score (nSPS) is 12.0. The number of hydrogen-bond acceptors (Lipinski definition) is 6. The van der Waals surface area contributed by atoms with Gasteiger partial charge in [-0.2, -0.15) is 9.78 Å². The lowest BCUT2D eigenvalue weighted by Crippen LogP contribution is -2.20. The Kier molecular flexibility index (Phi) is 5.30. The van der Waals surface area contributed by atoms with Crippen molar-refractivity contribution in [3.05, 3.63) is 63.3 Å². The van der Waals surface area contributed by atoms with Crippen molar-refractivity contribution in [2.75, 3.05) is 0 Å². The van der Waals surface area contributed by atoms with Gasteiger partial charge in [-0.25, -0.2) is 15.0 Å². The lowest BCUT2D eigenvalue weighted by Gasteiger charge is -2.05. The molecule has 8 heteroatoms. The summed E-state index contributed by atoms with van der Waals surface area (Å²) in [4.78, 5) is 28.5. The van der Waals surface area contributed by atoms with E-state index < -0.39 is 0 Å². The highest BCUT2D eigenvalue weighted by Gasteiger charge is 2.19. The van der Waals surface area contributed by atoms with Crippen molar-refractivity contribution in [2.45, 2.75) is 39.2 Å². The summed E-state index contributed by atoms with van der Waals surface area (Å²) in [6.07, 6.45) is 7.75. The highest BCUT2D eigenvalue weighted by molar-refractivity contribution is 7.11. The molecule has 0 spiro atoms. The first-order chi connectivity index (χ1) is 15.3. The first-order valence-corrected chi connectivity index (χ1v) is 11.4. The largest absolute Gasteiger partial charge is 0.299 e. The van der Waals surface area contributed by atoms with Gasteiger partial charge in [0.1, 0.15) is 10.9 Å². The topological polar surface area (TPSA) is 78.0 Å². The van der Waals surface area contributed by atoms with Crippen LogP contribution in [0, 0.1) is 0 Å². The zero-order chi connectivity index (χ0) is 21.2. The van der Waals surface area contributed by atoms with E-state index in [1.165, 1.54) is 6.42 Å². The molecule has 31 heavy (non-hydrogen) atoms. The van der Waals surface area contributed by atoms with Crippen LogP contribution >= 0.6 is 11.3 Å². The van der Waals surface area contributed by atoms with Crippen LogP contribution in [-0.2, 0) is 6.54 Å². The molecule has 0 aliphatic heterocycles. The SMILES string of the molecule is CCCCCCn1cnc2c(c1=O)c1nc3ccccc3nc1n2N=Cc1cccs1. The van der Waals surface area contributed by atoms with E-state index in [4.69, 9.17) is 9.97 Å². The molecule has 4 heterocycles. The first-order valence-electron chi connectivity index (χ1n) is 10.5. The Balaban J connectivity index is 1.72. The summed E-state index contributed by atoms with van der Waals surface area (Å²) in [6, 6.07) is 11.6. The highest BCUT2D eigenvalue weighted by atomic mass is 32.1. The van der Waals surface area contributed by atoms with Gasteiger partial charge in [-0.1, -0.05) is 44.4 Å². The van der Waals surface area contributed by atoms with Crippen LogP contribution in [0.15, 0.2) is 58.0 Å². The summed E-state index contributed by atoms with van der Waals surface area (Å²) in [7, 11) is 0. The molecular weight excluding hydrogens is 408 g/mol. The Labute approximate surface area is 182 Å². The smallest absolute Gasteiger partial charge is 0.265 e. The molecule has 0 bridgehead atoms. The second kappa shape index (κ2) is 8.39. The van der Waals surface area contributed by atoms with E-state index in [1.807, 2.05) is 41.8 Å². The second-order valence-electron chi connectivity index (χ2n) is 7.46. The van der Waals surface area contributed by atoms with Crippen molar-refractivity contribution in [1.82, 2.24) is 24.2 Å². The lowest BCUT2D eigenvalue weighted by molar-refractivity contribution is 0.567. The van der Waals surface area contributed by atoms with E-state index in [0.29, 0.717) is 28.7 Å². The molecule has 0 aliphatic rings. The van der Waals surface area contributed by atoms with Crippen molar-refractivity contribution < 1.29 is 0 Å².